The van der Waals surface area contributed by atoms with E-state index in [1.807, 2.05) is 0 Å². The van der Waals surface area contributed by atoms with Crippen molar-refractivity contribution >= 4 is 93.1 Å². The number of thioether (sulfide) groups is 2. The highest BCUT2D eigenvalue weighted by Gasteiger charge is 2.55. The van der Waals surface area contributed by atoms with Gasteiger partial charge < -0.3 is 45.7 Å². The van der Waals surface area contributed by atoms with Crippen LogP contribution in [0, 0.1) is 0 Å². The molecule has 4 fully saturated rings. The largest absolute Gasteiger partial charge is 0.472 e. The zero-order valence-electron chi connectivity index (χ0n) is 37.0. The number of H-pyrrole nitrogens is 2. The molecule has 0 aliphatic carbocycles. The van der Waals surface area contributed by atoms with Crippen LogP contribution in [0.25, 0.3) is 22.3 Å². The minimum absolute atomic E-state index is 0.0231. The highest BCUT2D eigenvalue weighted by atomic mass is 32.2. The van der Waals surface area contributed by atoms with Gasteiger partial charge in [-0.3, -0.25) is 46.8 Å². The summed E-state index contributed by atoms with van der Waals surface area (Å²) in [5.74, 6) is -1.79. The van der Waals surface area contributed by atoms with E-state index in [9.17, 15) is 55.6 Å². The third-order valence-electron chi connectivity index (χ3n) is 11.8. The van der Waals surface area contributed by atoms with Gasteiger partial charge in [-0.05, 0) is 40.5 Å². The topological polar surface area (TPSA) is 427 Å². The highest BCUT2D eigenvalue weighted by Crippen LogP contribution is 2.54. The number of anilines is 2. The number of aliphatic hydroxyl groups is 2. The predicted octanol–water partition coefficient (Wildman–Crippen LogP) is -0.667. The summed E-state index contributed by atoms with van der Waals surface area (Å²) in [5, 5.41) is 22.3. The van der Waals surface area contributed by atoms with Crippen molar-refractivity contribution in [3.8, 4) is 0 Å². The van der Waals surface area contributed by atoms with Gasteiger partial charge in [-0.15, -0.1) is 0 Å². The van der Waals surface area contributed by atoms with Crippen LogP contribution in [0.4, 0.5) is 11.9 Å². The summed E-state index contributed by atoms with van der Waals surface area (Å²) in [6.07, 6.45) is -10.3. The molecule has 4 saturated heterocycles. The number of aliphatic hydroxyl groups excluding tert-OH is 2. The number of fused-ring (bicyclic) bond motifs is 4. The fourth-order valence-corrected chi connectivity index (χ4v) is 15.6. The molecule has 4 aliphatic rings. The number of imidazole rings is 2. The molecule has 0 spiro atoms. The number of nitrogens with two attached hydrogens (primary N) is 2. The van der Waals surface area contributed by atoms with Crippen molar-refractivity contribution in [2.45, 2.75) is 110 Å². The second-order valence-electron chi connectivity index (χ2n) is 17.6. The Hall–Kier alpha value is -3.08. The number of phosphoric acid groups is 2. The van der Waals surface area contributed by atoms with E-state index in [1.54, 1.807) is 13.8 Å². The Morgan fingerprint density at radius 1 is 0.739 bits per heavy atom. The molecule has 29 nitrogen and oxygen atoms in total. The number of sulfone groups is 2. The fourth-order valence-electron chi connectivity index (χ4n) is 7.81. The molecule has 4 aromatic heterocycles. The van der Waals surface area contributed by atoms with Crippen molar-refractivity contribution in [2.75, 3.05) is 60.1 Å². The molecule has 0 amide bonds. The van der Waals surface area contributed by atoms with Crippen molar-refractivity contribution < 1.29 is 78.3 Å². The standard InChI is InChI=1S/C34H50N10O19P2S4/c1-33(2,6-10-68(53,54)11-8-66-31-37-17-23(39-29(35)41-25(17)47)43(31)27-19(45)21-15(60-27)13-58-64(49,50)62-21)57-7-5-34(3,4)69(55,56)12-9-67-32-38-18-24(40-30(36)42-26(18)48)44(32)28-20(46)22-16(61-28)14-59-65(51,52)63-22/h15-16,19-22,27-28,45-46H,5-14H2,1-4H3,(H,49,50)(H,51,52)(H3,35,39,41,47)(H3,36,40,42,48)/t15?,16?,19?,20-,21+,22+,27+,28+/m0/s1. The predicted molar refractivity (Wildman–Crippen MR) is 243 cm³/mol. The Balaban J connectivity index is 0.849. The molecular weight excluding hydrogens is 1040 g/mol. The smallest absolute Gasteiger partial charge is 0.386 e. The van der Waals surface area contributed by atoms with Crippen molar-refractivity contribution in [1.29, 1.82) is 0 Å². The van der Waals surface area contributed by atoms with Gasteiger partial charge in [0.1, 0.15) is 36.6 Å². The van der Waals surface area contributed by atoms with Crippen LogP contribution in [0.5, 0.6) is 0 Å². The van der Waals surface area contributed by atoms with Crippen LogP contribution >= 0.6 is 39.2 Å². The molecular formula is C34H50N10O19P2S4. The first-order chi connectivity index (χ1) is 32.1. The molecule has 8 rings (SSSR count). The van der Waals surface area contributed by atoms with E-state index in [4.69, 9.17) is 43.8 Å². The highest BCUT2D eigenvalue weighted by molar-refractivity contribution is 8.01. The zero-order valence-corrected chi connectivity index (χ0v) is 42.0. The molecule has 4 aliphatic heterocycles. The summed E-state index contributed by atoms with van der Waals surface area (Å²) in [6.45, 7) is 5.56. The van der Waals surface area contributed by atoms with Gasteiger partial charge in [0.05, 0.1) is 40.8 Å². The van der Waals surface area contributed by atoms with E-state index in [0.29, 0.717) is 0 Å². The van der Waals surface area contributed by atoms with Gasteiger partial charge in [0, 0.05) is 18.1 Å². The lowest BCUT2D eigenvalue weighted by Crippen LogP contribution is -2.39. The van der Waals surface area contributed by atoms with Crippen LogP contribution in [0.15, 0.2) is 19.9 Å². The average molecular weight is 1090 g/mol. The number of ether oxygens (including phenoxy) is 3. The summed E-state index contributed by atoms with van der Waals surface area (Å²) in [5.41, 5.74) is 8.56. The first kappa shape index (κ1) is 52.2. The molecule has 10 N–H and O–H groups in total. The zero-order chi connectivity index (χ0) is 50.2. The van der Waals surface area contributed by atoms with Crippen LogP contribution in [-0.2, 0) is 61.1 Å². The van der Waals surface area contributed by atoms with E-state index >= 15 is 0 Å². The summed E-state index contributed by atoms with van der Waals surface area (Å²) >= 11 is 1.84. The minimum atomic E-state index is -4.48. The maximum atomic E-state index is 13.7. The van der Waals surface area contributed by atoms with Gasteiger partial charge in [0.25, 0.3) is 11.1 Å². The van der Waals surface area contributed by atoms with Crippen LogP contribution < -0.4 is 22.6 Å². The fraction of sp³-hybridized carbons (Fsp3) is 0.706. The second-order valence-corrected chi connectivity index (χ2v) is 27.6. The third kappa shape index (κ3) is 11.0. The van der Waals surface area contributed by atoms with E-state index < -0.39 is 106 Å². The molecule has 10 atom stereocenters. The number of hydrogen-bond donors (Lipinski definition) is 8. The Kier molecular flexibility index (Phi) is 14.4. The number of nitrogens with zero attached hydrogens (tertiary/aromatic N) is 6. The van der Waals surface area contributed by atoms with Crippen LogP contribution in [-0.4, -0.2) is 171 Å². The molecule has 4 aromatic rings. The van der Waals surface area contributed by atoms with Gasteiger partial charge in [0.2, 0.25) is 11.9 Å². The van der Waals surface area contributed by atoms with Crippen LogP contribution in [0.2, 0.25) is 0 Å². The normalized spacial score (nSPS) is 30.0. The van der Waals surface area contributed by atoms with Crippen molar-refractivity contribution in [3.63, 3.8) is 0 Å². The lowest BCUT2D eigenvalue weighted by atomic mass is 10.1. The van der Waals surface area contributed by atoms with E-state index in [2.05, 4.69) is 29.9 Å². The molecule has 0 saturated carbocycles. The molecule has 0 bridgehead atoms. The monoisotopic (exact) mass is 1090 g/mol. The molecule has 384 valence electrons. The summed E-state index contributed by atoms with van der Waals surface area (Å²) < 4.78 is 117. The van der Waals surface area contributed by atoms with E-state index in [1.165, 1.54) is 23.0 Å². The molecule has 0 radical (unpaired) electrons. The molecule has 0 aromatic carbocycles. The van der Waals surface area contributed by atoms with Crippen LogP contribution in [0.1, 0.15) is 53.0 Å². The minimum Gasteiger partial charge on any atom is -0.386 e. The lowest BCUT2D eigenvalue weighted by molar-refractivity contribution is -0.0685. The molecule has 5 unspecified atom stereocenters. The van der Waals surface area contributed by atoms with Gasteiger partial charge in [-0.25, -0.2) is 35.9 Å². The van der Waals surface area contributed by atoms with Crippen molar-refractivity contribution in [3.05, 3.63) is 20.7 Å². The maximum absolute atomic E-state index is 13.7. The maximum Gasteiger partial charge on any atom is 0.472 e. The van der Waals surface area contributed by atoms with E-state index in [0.717, 1.165) is 23.5 Å². The summed E-state index contributed by atoms with van der Waals surface area (Å²) in [4.78, 5) is 66.8. The molecule has 8 heterocycles. The number of rotatable bonds is 18. The third-order valence-corrected chi connectivity index (χ3v) is 20.5. The number of hydrogen-bond acceptors (Lipinski definition) is 25. The molecule has 69 heavy (non-hydrogen) atoms. The first-order valence-corrected chi connectivity index (χ1v) is 29.4. The number of nitrogens with one attached hydrogen (secondary N) is 2. The number of aromatic amines is 2. The van der Waals surface area contributed by atoms with Gasteiger partial charge in [-0.2, -0.15) is 9.97 Å². The van der Waals surface area contributed by atoms with Gasteiger partial charge >= 0.3 is 15.6 Å². The summed E-state index contributed by atoms with van der Waals surface area (Å²) in [7, 11) is -16.6. The van der Waals surface area contributed by atoms with E-state index in [-0.39, 0.29) is 106 Å². The Bertz CT molecular complexity index is 3080. The average Bonchev–Trinajstić information content (AvgIpc) is 3.96. The lowest BCUT2D eigenvalue weighted by Gasteiger charge is -2.29. The van der Waals surface area contributed by atoms with Crippen molar-refractivity contribution in [1.82, 2.24) is 39.0 Å². The van der Waals surface area contributed by atoms with Crippen molar-refractivity contribution in [2.24, 2.45) is 0 Å². The Morgan fingerprint density at radius 2 is 1.19 bits per heavy atom. The Morgan fingerprint density at radius 3 is 1.65 bits per heavy atom. The number of phosphoric ester groups is 2. The molecule has 35 heteroatoms. The SMILES string of the molecule is CC(C)(CCS(=O)(=O)CCSc1nc2c(=O)[nH]c(N)nc2n1[C@@H]1OC2COP(=O)(O)O[C@H]2C1O)OCCC(C)(C)S(=O)(=O)CCSc1nc2c(=O)[nH]c(N)nc2n1[C@@H]1OC2COP(=O)(O)O[C@H]2[C@@H]1O. The number of nitrogen functional groups attached to an aromatic ring is 2. The summed E-state index contributed by atoms with van der Waals surface area (Å²) in [6, 6.07) is 0. The second kappa shape index (κ2) is 19.1. The number of aromatic nitrogens is 8. The van der Waals surface area contributed by atoms with Gasteiger partial charge in [-0.1, -0.05) is 23.5 Å². The van der Waals surface area contributed by atoms with Crippen LogP contribution in [0.3, 0.4) is 0 Å². The first-order valence-electron chi connectivity index (χ1n) is 20.9. The Labute approximate surface area is 399 Å². The van der Waals surface area contributed by atoms with Gasteiger partial charge in [0.15, 0.2) is 64.8 Å². The quantitative estimate of drug-likeness (QED) is 0.0452.